The van der Waals surface area contributed by atoms with Crippen molar-refractivity contribution in [1.82, 2.24) is 14.9 Å². The molecular formula is C16H18ClN3O3. The molecular weight excluding hydrogens is 318 g/mol. The summed E-state index contributed by atoms with van der Waals surface area (Å²) < 4.78 is 13.1. The van der Waals surface area contributed by atoms with E-state index in [0.29, 0.717) is 41.8 Å². The van der Waals surface area contributed by atoms with Crippen LogP contribution in [-0.4, -0.2) is 34.7 Å². The SMILES string of the molecule is C[C@@H](Cn1ccnc1)NC(=O)c1cc(Cl)c2c(c1)OCCCO2. The number of halogens is 1. The molecule has 0 radical (unpaired) electrons. The van der Waals surface area contributed by atoms with Crippen molar-refractivity contribution in [3.8, 4) is 11.5 Å². The molecule has 2 aromatic rings. The summed E-state index contributed by atoms with van der Waals surface area (Å²) in [6.07, 6.45) is 6.06. The lowest BCUT2D eigenvalue weighted by Gasteiger charge is -2.16. The Kier molecular flexibility index (Phi) is 4.71. The van der Waals surface area contributed by atoms with Crippen molar-refractivity contribution in [2.75, 3.05) is 13.2 Å². The monoisotopic (exact) mass is 335 g/mol. The van der Waals surface area contributed by atoms with Crippen molar-refractivity contribution in [3.63, 3.8) is 0 Å². The van der Waals surface area contributed by atoms with E-state index in [1.165, 1.54) is 0 Å². The number of hydrogen-bond acceptors (Lipinski definition) is 4. The second-order valence-electron chi connectivity index (χ2n) is 5.47. The number of fused-ring (bicyclic) bond motifs is 1. The Bertz CT molecular complexity index is 688. The van der Waals surface area contributed by atoms with E-state index in [9.17, 15) is 4.79 Å². The lowest BCUT2D eigenvalue weighted by atomic mass is 10.1. The Balaban J connectivity index is 1.72. The van der Waals surface area contributed by atoms with E-state index in [1.54, 1.807) is 24.7 Å². The number of ether oxygens (including phenoxy) is 2. The zero-order valence-electron chi connectivity index (χ0n) is 12.8. The second kappa shape index (κ2) is 6.91. The Morgan fingerprint density at radius 3 is 3.04 bits per heavy atom. The Morgan fingerprint density at radius 1 is 1.43 bits per heavy atom. The number of aromatic nitrogens is 2. The van der Waals surface area contributed by atoms with E-state index in [-0.39, 0.29) is 11.9 Å². The number of nitrogens with zero attached hydrogens (tertiary/aromatic N) is 2. The molecule has 1 aromatic heterocycles. The molecule has 0 fully saturated rings. The number of hydrogen-bond donors (Lipinski definition) is 1. The predicted molar refractivity (Wildman–Crippen MR) is 86.2 cm³/mol. The van der Waals surface area contributed by atoms with Gasteiger partial charge in [0.05, 0.1) is 24.6 Å². The van der Waals surface area contributed by atoms with Gasteiger partial charge in [-0.1, -0.05) is 11.6 Å². The van der Waals surface area contributed by atoms with Gasteiger partial charge in [-0.3, -0.25) is 4.79 Å². The van der Waals surface area contributed by atoms with Gasteiger partial charge in [-0.2, -0.15) is 0 Å². The summed E-state index contributed by atoms with van der Waals surface area (Å²) in [5.41, 5.74) is 0.455. The van der Waals surface area contributed by atoms with Crippen molar-refractivity contribution in [2.24, 2.45) is 0 Å². The van der Waals surface area contributed by atoms with Crippen LogP contribution in [0.25, 0.3) is 0 Å². The zero-order valence-corrected chi connectivity index (χ0v) is 13.5. The highest BCUT2D eigenvalue weighted by Gasteiger charge is 2.19. The number of carbonyl (C=O) groups excluding carboxylic acids is 1. The van der Waals surface area contributed by atoms with Crippen molar-refractivity contribution in [2.45, 2.75) is 25.9 Å². The maximum Gasteiger partial charge on any atom is 0.251 e. The summed E-state index contributed by atoms with van der Waals surface area (Å²) in [6.45, 7) is 3.68. The molecule has 0 saturated carbocycles. The third-order valence-corrected chi connectivity index (χ3v) is 3.77. The summed E-state index contributed by atoms with van der Waals surface area (Å²) >= 11 is 6.22. The van der Waals surface area contributed by atoms with Gasteiger partial charge < -0.3 is 19.4 Å². The van der Waals surface area contributed by atoms with Gasteiger partial charge in [-0.15, -0.1) is 0 Å². The fraction of sp³-hybridized carbons (Fsp3) is 0.375. The highest BCUT2D eigenvalue weighted by molar-refractivity contribution is 6.32. The predicted octanol–water partition coefficient (Wildman–Crippen LogP) is 2.52. The van der Waals surface area contributed by atoms with E-state index in [0.717, 1.165) is 6.42 Å². The summed E-state index contributed by atoms with van der Waals surface area (Å²) in [4.78, 5) is 16.4. The lowest BCUT2D eigenvalue weighted by Crippen LogP contribution is -2.35. The zero-order chi connectivity index (χ0) is 16.2. The number of carbonyl (C=O) groups is 1. The average Bonchev–Trinajstić information content (AvgIpc) is 2.89. The first-order valence-electron chi connectivity index (χ1n) is 7.49. The molecule has 0 bridgehead atoms. The van der Waals surface area contributed by atoms with E-state index in [4.69, 9.17) is 21.1 Å². The average molecular weight is 336 g/mol. The molecule has 6 nitrogen and oxygen atoms in total. The molecule has 122 valence electrons. The van der Waals surface area contributed by atoms with Crippen molar-refractivity contribution < 1.29 is 14.3 Å². The topological polar surface area (TPSA) is 65.4 Å². The Morgan fingerprint density at radius 2 is 2.26 bits per heavy atom. The van der Waals surface area contributed by atoms with E-state index in [2.05, 4.69) is 10.3 Å². The van der Waals surface area contributed by atoms with Crippen LogP contribution in [0.15, 0.2) is 30.9 Å². The molecule has 1 aliphatic rings. The molecule has 23 heavy (non-hydrogen) atoms. The molecule has 1 atom stereocenters. The highest BCUT2D eigenvalue weighted by atomic mass is 35.5. The maximum absolute atomic E-state index is 12.4. The smallest absolute Gasteiger partial charge is 0.251 e. The first kappa shape index (κ1) is 15.7. The summed E-state index contributed by atoms with van der Waals surface area (Å²) in [5.74, 6) is 0.824. The molecule has 0 aliphatic carbocycles. The minimum atomic E-state index is -0.199. The van der Waals surface area contributed by atoms with E-state index >= 15 is 0 Å². The number of rotatable bonds is 4. The molecule has 1 aromatic carbocycles. The van der Waals surface area contributed by atoms with Crippen LogP contribution < -0.4 is 14.8 Å². The van der Waals surface area contributed by atoms with Crippen molar-refractivity contribution >= 4 is 17.5 Å². The van der Waals surface area contributed by atoms with Gasteiger partial charge in [0.25, 0.3) is 5.91 Å². The molecule has 1 N–H and O–H groups in total. The minimum Gasteiger partial charge on any atom is -0.489 e. The first-order valence-corrected chi connectivity index (χ1v) is 7.87. The summed E-state index contributed by atoms with van der Waals surface area (Å²) in [7, 11) is 0. The molecule has 0 saturated heterocycles. The maximum atomic E-state index is 12.4. The third-order valence-electron chi connectivity index (χ3n) is 3.49. The van der Waals surface area contributed by atoms with E-state index in [1.807, 2.05) is 17.7 Å². The molecule has 1 aliphatic heterocycles. The van der Waals surface area contributed by atoms with Gasteiger partial charge in [-0.05, 0) is 19.1 Å². The van der Waals surface area contributed by atoms with Gasteiger partial charge in [0.2, 0.25) is 0 Å². The van der Waals surface area contributed by atoms with Crippen LogP contribution in [-0.2, 0) is 6.54 Å². The number of benzene rings is 1. The number of imidazole rings is 1. The van der Waals surface area contributed by atoms with Crippen LogP contribution in [0, 0.1) is 0 Å². The molecule has 1 amide bonds. The molecule has 0 unspecified atom stereocenters. The first-order chi connectivity index (χ1) is 11.1. The van der Waals surface area contributed by atoms with Crippen molar-refractivity contribution in [1.29, 1.82) is 0 Å². The van der Waals surface area contributed by atoms with E-state index < -0.39 is 0 Å². The summed E-state index contributed by atoms with van der Waals surface area (Å²) in [6, 6.07) is 3.23. The fourth-order valence-corrected chi connectivity index (χ4v) is 2.69. The molecule has 0 spiro atoms. The van der Waals surface area contributed by atoms with Gasteiger partial charge in [0.1, 0.15) is 0 Å². The fourth-order valence-electron chi connectivity index (χ4n) is 2.43. The molecule has 7 heteroatoms. The van der Waals surface area contributed by atoms with Crippen LogP contribution in [0.4, 0.5) is 0 Å². The van der Waals surface area contributed by atoms with Gasteiger partial charge >= 0.3 is 0 Å². The summed E-state index contributed by atoms with van der Waals surface area (Å²) in [5, 5.41) is 3.33. The number of nitrogens with one attached hydrogen (secondary N) is 1. The lowest BCUT2D eigenvalue weighted by molar-refractivity contribution is 0.0936. The third kappa shape index (κ3) is 3.76. The quantitative estimate of drug-likeness (QED) is 0.932. The standard InChI is InChI=1S/C16H18ClN3O3/c1-11(9-20-4-3-18-10-20)19-16(21)12-7-13(17)15-14(8-12)22-5-2-6-23-15/h3-4,7-8,10-11H,2,5-6,9H2,1H3,(H,19,21)/t11-/m0/s1. The highest BCUT2D eigenvalue weighted by Crippen LogP contribution is 2.37. The van der Waals surface area contributed by atoms with Gasteiger partial charge in [-0.25, -0.2) is 4.98 Å². The van der Waals surface area contributed by atoms with Crippen LogP contribution in [0.2, 0.25) is 5.02 Å². The Hall–Kier alpha value is -2.21. The van der Waals surface area contributed by atoms with Gasteiger partial charge in [0, 0.05) is 37.0 Å². The number of amides is 1. The van der Waals surface area contributed by atoms with Crippen molar-refractivity contribution in [3.05, 3.63) is 41.4 Å². The normalized spacial score (nSPS) is 14.9. The van der Waals surface area contributed by atoms with Crippen LogP contribution in [0.3, 0.4) is 0 Å². The van der Waals surface area contributed by atoms with Gasteiger partial charge in [0.15, 0.2) is 11.5 Å². The van der Waals surface area contributed by atoms with Crippen LogP contribution in [0.5, 0.6) is 11.5 Å². The Labute approximate surface area is 139 Å². The molecule has 2 heterocycles. The minimum absolute atomic E-state index is 0.0496. The van der Waals surface area contributed by atoms with Crippen LogP contribution >= 0.6 is 11.6 Å². The van der Waals surface area contributed by atoms with Crippen LogP contribution in [0.1, 0.15) is 23.7 Å². The second-order valence-corrected chi connectivity index (χ2v) is 5.88. The molecule has 3 rings (SSSR count). The largest absolute Gasteiger partial charge is 0.489 e.